The van der Waals surface area contributed by atoms with Gasteiger partial charge in [0, 0.05) is 5.75 Å². The number of carbonyl (C=O) groups excluding carboxylic acids is 1. The van der Waals surface area contributed by atoms with Crippen LogP contribution in [-0.4, -0.2) is 80.7 Å². The fourth-order valence-electron chi connectivity index (χ4n) is 0.913. The van der Waals surface area contributed by atoms with Gasteiger partial charge in [-0.05, 0) is 0 Å². The van der Waals surface area contributed by atoms with Crippen molar-refractivity contribution in [1.29, 1.82) is 0 Å². The number of hydrogen-bond donors (Lipinski definition) is 4. The summed E-state index contributed by atoms with van der Waals surface area (Å²) in [6.45, 7) is -0.0370. The predicted octanol–water partition coefficient (Wildman–Crippen LogP) is -1.51. The maximum absolute atomic E-state index is 11.0. The summed E-state index contributed by atoms with van der Waals surface area (Å²) in [7, 11) is 0. The van der Waals surface area contributed by atoms with Crippen molar-refractivity contribution in [3.63, 3.8) is 0 Å². The van der Waals surface area contributed by atoms with E-state index < -0.39 is 36.4 Å². The topological polar surface area (TPSA) is 121 Å². The number of carbonyl (C=O) groups is 3. The zero-order chi connectivity index (χ0) is 12.8. The van der Waals surface area contributed by atoms with Gasteiger partial charge in [-0.2, -0.15) is 12.6 Å². The molecule has 3 N–H and O–H groups in total. The van der Waals surface area contributed by atoms with Gasteiger partial charge in [-0.25, -0.2) is 4.79 Å². The molecule has 7 nitrogen and oxygen atoms in total. The number of aliphatic hydroxyl groups is 1. The van der Waals surface area contributed by atoms with Crippen LogP contribution in [0.5, 0.6) is 0 Å². The first-order chi connectivity index (χ1) is 7.31. The van der Waals surface area contributed by atoms with Gasteiger partial charge in [0.1, 0.15) is 6.61 Å². The minimum absolute atomic E-state index is 0. The molecule has 17 heavy (non-hydrogen) atoms. The van der Waals surface area contributed by atoms with Crippen molar-refractivity contribution in [3.8, 4) is 0 Å². The normalized spacial score (nSPS) is 13.1. The Morgan fingerprint density at radius 1 is 1.18 bits per heavy atom. The molecule has 9 heteroatoms. The first kappa shape index (κ1) is 19.1. The van der Waals surface area contributed by atoms with E-state index >= 15 is 0 Å². The average molecular weight is 276 g/mol. The summed E-state index contributed by atoms with van der Waals surface area (Å²) in [5.74, 6) is -4.04. The fraction of sp³-hybridized carbons (Fsp3) is 0.625. The van der Waals surface area contributed by atoms with Gasteiger partial charge >= 0.3 is 47.5 Å². The summed E-state index contributed by atoms with van der Waals surface area (Å²) in [5.41, 5.74) is -2.64. The molecule has 0 amide bonds. The summed E-state index contributed by atoms with van der Waals surface area (Å²) in [6, 6.07) is 0. The van der Waals surface area contributed by atoms with E-state index in [1.165, 1.54) is 0 Å². The zero-order valence-corrected chi connectivity index (χ0v) is 9.14. The van der Waals surface area contributed by atoms with Crippen molar-refractivity contribution in [2.24, 2.45) is 0 Å². The molecular formula is C8H13NaO7S. The molecule has 0 aromatic rings. The molecule has 0 spiro atoms. The van der Waals surface area contributed by atoms with E-state index in [4.69, 9.17) is 10.2 Å². The van der Waals surface area contributed by atoms with Crippen LogP contribution in [0.15, 0.2) is 0 Å². The molecule has 0 rings (SSSR count). The number of rotatable bonds is 7. The molecule has 0 aromatic heterocycles. The van der Waals surface area contributed by atoms with Gasteiger partial charge in [-0.15, -0.1) is 0 Å². The number of aliphatic carboxylic acids is 2. The van der Waals surface area contributed by atoms with E-state index in [2.05, 4.69) is 17.4 Å². The van der Waals surface area contributed by atoms with E-state index in [9.17, 15) is 19.5 Å². The molecule has 0 aliphatic heterocycles. The third kappa shape index (κ3) is 7.61. The van der Waals surface area contributed by atoms with Gasteiger partial charge in [0.2, 0.25) is 0 Å². The van der Waals surface area contributed by atoms with Crippen molar-refractivity contribution in [2.45, 2.75) is 18.4 Å². The molecule has 1 atom stereocenters. The first-order valence-electron chi connectivity index (χ1n) is 4.26. The second-order valence-electron chi connectivity index (χ2n) is 3.03. The van der Waals surface area contributed by atoms with Crippen LogP contribution in [0.2, 0.25) is 0 Å². The number of ether oxygens (including phenoxy) is 1. The van der Waals surface area contributed by atoms with E-state index in [1.54, 1.807) is 0 Å². The van der Waals surface area contributed by atoms with Gasteiger partial charge in [-0.3, -0.25) is 9.59 Å². The quantitative estimate of drug-likeness (QED) is 0.253. The Balaban J connectivity index is 0. The molecule has 1 unspecified atom stereocenters. The molecule has 0 aromatic carbocycles. The van der Waals surface area contributed by atoms with E-state index in [0.717, 1.165) is 0 Å². The van der Waals surface area contributed by atoms with Crippen molar-refractivity contribution in [2.75, 3.05) is 12.4 Å². The van der Waals surface area contributed by atoms with Gasteiger partial charge < -0.3 is 20.1 Å². The SMILES string of the molecule is O=C(O)CC(O)(CC(=O)OCCS)C(=O)O.[NaH]. The fourth-order valence-corrected chi connectivity index (χ4v) is 1.00. The van der Waals surface area contributed by atoms with Gasteiger partial charge in [-0.1, -0.05) is 0 Å². The number of carboxylic acids is 2. The summed E-state index contributed by atoms with van der Waals surface area (Å²) in [5, 5.41) is 26.4. The average Bonchev–Trinajstić information content (AvgIpc) is 2.12. The Morgan fingerprint density at radius 2 is 1.71 bits per heavy atom. The number of carboxylic acid groups (broad SMARTS) is 2. The molecule has 0 aliphatic rings. The van der Waals surface area contributed by atoms with Crippen LogP contribution in [0, 0.1) is 0 Å². The molecule has 0 heterocycles. The van der Waals surface area contributed by atoms with Crippen molar-refractivity contribution in [1.82, 2.24) is 0 Å². The van der Waals surface area contributed by atoms with Crippen molar-refractivity contribution < 1.29 is 34.4 Å². The van der Waals surface area contributed by atoms with E-state index in [0.29, 0.717) is 0 Å². The molecular weight excluding hydrogens is 263 g/mol. The van der Waals surface area contributed by atoms with E-state index in [1.807, 2.05) is 0 Å². The van der Waals surface area contributed by atoms with Crippen LogP contribution < -0.4 is 0 Å². The zero-order valence-electron chi connectivity index (χ0n) is 8.25. The second-order valence-corrected chi connectivity index (χ2v) is 3.48. The Labute approximate surface area is 125 Å². The van der Waals surface area contributed by atoms with Gasteiger partial charge in [0.25, 0.3) is 0 Å². The summed E-state index contributed by atoms with van der Waals surface area (Å²) < 4.78 is 4.49. The maximum atomic E-state index is 11.0. The van der Waals surface area contributed by atoms with Crippen molar-refractivity contribution >= 4 is 60.1 Å². The Kier molecular flexibility index (Phi) is 9.82. The molecule has 94 valence electrons. The molecule has 0 aliphatic carbocycles. The number of esters is 1. The first-order valence-corrected chi connectivity index (χ1v) is 4.89. The van der Waals surface area contributed by atoms with Crippen molar-refractivity contribution in [3.05, 3.63) is 0 Å². The molecule has 0 saturated heterocycles. The summed E-state index contributed by atoms with van der Waals surface area (Å²) in [4.78, 5) is 32.0. The van der Waals surface area contributed by atoms with Crippen LogP contribution in [0.25, 0.3) is 0 Å². The van der Waals surface area contributed by atoms with Gasteiger partial charge in [0.05, 0.1) is 12.8 Å². The molecule has 0 saturated carbocycles. The number of thiol groups is 1. The second kappa shape index (κ2) is 8.76. The Morgan fingerprint density at radius 3 is 2.06 bits per heavy atom. The van der Waals surface area contributed by atoms with Crippen LogP contribution in [0.4, 0.5) is 0 Å². The standard InChI is InChI=1S/C8H12O7S.Na.H/c9-5(10)3-8(14,7(12)13)4-6(11)15-1-2-16;;/h14,16H,1-4H2,(H,9,10)(H,12,13);;. The van der Waals surface area contributed by atoms with Crippen LogP contribution in [0.3, 0.4) is 0 Å². The minimum atomic E-state index is -2.64. The monoisotopic (exact) mass is 276 g/mol. The third-order valence-corrected chi connectivity index (χ3v) is 1.82. The Bertz CT molecular complexity index is 296. The van der Waals surface area contributed by atoms with Gasteiger partial charge in [0.15, 0.2) is 5.60 Å². The third-order valence-electron chi connectivity index (χ3n) is 1.63. The van der Waals surface area contributed by atoms with Crippen LogP contribution in [0.1, 0.15) is 12.8 Å². The summed E-state index contributed by atoms with van der Waals surface area (Å²) in [6.07, 6.45) is -1.99. The number of hydrogen-bond acceptors (Lipinski definition) is 6. The summed E-state index contributed by atoms with van der Waals surface area (Å²) >= 11 is 3.75. The van der Waals surface area contributed by atoms with E-state index in [-0.39, 0.29) is 41.9 Å². The predicted molar refractivity (Wildman–Crippen MR) is 61.4 cm³/mol. The molecule has 0 fully saturated rings. The van der Waals surface area contributed by atoms with Crippen LogP contribution >= 0.6 is 12.6 Å². The Hall–Kier alpha value is -0.280. The molecule has 0 radical (unpaired) electrons. The molecule has 0 bridgehead atoms. The van der Waals surface area contributed by atoms with Crippen LogP contribution in [-0.2, 0) is 19.1 Å².